The number of amides is 1. The van der Waals surface area contributed by atoms with E-state index in [0.717, 1.165) is 38.9 Å². The standard InChI is InChI=1S/C15H18N4O/c16-10-12-4-3-6-17-14(12)19-9-5-13(11-19)15(20)18-7-1-2-8-18/h3-4,6,13H,1-2,5,7-9,11H2. The van der Waals surface area contributed by atoms with Gasteiger partial charge in [0.15, 0.2) is 0 Å². The number of rotatable bonds is 2. The summed E-state index contributed by atoms with van der Waals surface area (Å²) in [5, 5.41) is 9.13. The van der Waals surface area contributed by atoms with Crippen molar-refractivity contribution in [1.29, 1.82) is 5.26 Å². The first-order valence-electron chi connectivity index (χ1n) is 7.18. The van der Waals surface area contributed by atoms with Crippen molar-refractivity contribution in [2.75, 3.05) is 31.1 Å². The number of hydrogen-bond acceptors (Lipinski definition) is 4. The largest absolute Gasteiger partial charge is 0.355 e. The van der Waals surface area contributed by atoms with E-state index in [2.05, 4.69) is 16.0 Å². The third-order valence-electron chi connectivity index (χ3n) is 4.16. The van der Waals surface area contributed by atoms with Gasteiger partial charge in [-0.15, -0.1) is 0 Å². The summed E-state index contributed by atoms with van der Waals surface area (Å²) >= 11 is 0. The maximum Gasteiger partial charge on any atom is 0.227 e. The molecule has 2 aliphatic heterocycles. The van der Waals surface area contributed by atoms with Gasteiger partial charge in [-0.25, -0.2) is 4.98 Å². The first-order chi connectivity index (χ1) is 9.79. The van der Waals surface area contributed by atoms with Crippen LogP contribution >= 0.6 is 0 Å². The van der Waals surface area contributed by atoms with Gasteiger partial charge < -0.3 is 9.80 Å². The van der Waals surface area contributed by atoms with Crippen LogP contribution in [-0.4, -0.2) is 42.0 Å². The van der Waals surface area contributed by atoms with Gasteiger partial charge in [0.1, 0.15) is 11.9 Å². The van der Waals surface area contributed by atoms with Gasteiger partial charge in [0, 0.05) is 32.4 Å². The summed E-state index contributed by atoms with van der Waals surface area (Å²) in [7, 11) is 0. The molecule has 5 heteroatoms. The Kier molecular flexibility index (Phi) is 3.55. The zero-order chi connectivity index (χ0) is 13.9. The molecule has 2 saturated heterocycles. The average Bonchev–Trinajstić information content (AvgIpc) is 3.18. The zero-order valence-corrected chi connectivity index (χ0v) is 11.5. The third kappa shape index (κ3) is 2.34. The van der Waals surface area contributed by atoms with Crippen molar-refractivity contribution in [2.24, 2.45) is 5.92 Å². The molecular weight excluding hydrogens is 252 g/mol. The van der Waals surface area contributed by atoms with Gasteiger partial charge in [0.05, 0.1) is 11.5 Å². The van der Waals surface area contributed by atoms with Crippen LogP contribution in [0.2, 0.25) is 0 Å². The van der Waals surface area contributed by atoms with Gasteiger partial charge in [0.25, 0.3) is 0 Å². The zero-order valence-electron chi connectivity index (χ0n) is 11.5. The molecule has 1 unspecified atom stereocenters. The van der Waals surface area contributed by atoms with Crippen molar-refractivity contribution in [3.63, 3.8) is 0 Å². The lowest BCUT2D eigenvalue weighted by Crippen LogP contribution is -2.35. The molecule has 2 fully saturated rings. The van der Waals surface area contributed by atoms with Gasteiger partial charge in [0.2, 0.25) is 5.91 Å². The highest BCUT2D eigenvalue weighted by molar-refractivity contribution is 5.80. The second-order valence-electron chi connectivity index (χ2n) is 5.45. The minimum absolute atomic E-state index is 0.0571. The molecule has 0 saturated carbocycles. The topological polar surface area (TPSA) is 60.2 Å². The number of aromatic nitrogens is 1. The predicted octanol–water partition coefficient (Wildman–Crippen LogP) is 1.40. The van der Waals surface area contributed by atoms with E-state index >= 15 is 0 Å². The molecule has 2 aliphatic rings. The summed E-state index contributed by atoms with van der Waals surface area (Å²) in [5.74, 6) is 1.05. The van der Waals surface area contributed by atoms with Crippen molar-refractivity contribution in [2.45, 2.75) is 19.3 Å². The minimum Gasteiger partial charge on any atom is -0.355 e. The first-order valence-corrected chi connectivity index (χ1v) is 7.18. The second-order valence-corrected chi connectivity index (χ2v) is 5.45. The Morgan fingerprint density at radius 2 is 2.15 bits per heavy atom. The Morgan fingerprint density at radius 3 is 2.90 bits per heavy atom. The molecule has 1 amide bonds. The van der Waals surface area contributed by atoms with Crippen molar-refractivity contribution in [1.82, 2.24) is 9.88 Å². The van der Waals surface area contributed by atoms with Gasteiger partial charge in [-0.3, -0.25) is 4.79 Å². The lowest BCUT2D eigenvalue weighted by Gasteiger charge is -2.21. The predicted molar refractivity (Wildman–Crippen MR) is 75.1 cm³/mol. The van der Waals surface area contributed by atoms with Crippen molar-refractivity contribution in [3.05, 3.63) is 23.9 Å². The van der Waals surface area contributed by atoms with E-state index in [1.54, 1.807) is 18.3 Å². The Hall–Kier alpha value is -2.09. The smallest absolute Gasteiger partial charge is 0.227 e. The van der Waals surface area contributed by atoms with Crippen molar-refractivity contribution in [3.8, 4) is 6.07 Å². The molecule has 0 bridgehead atoms. The number of anilines is 1. The van der Waals surface area contributed by atoms with Crippen LogP contribution in [0.3, 0.4) is 0 Å². The maximum absolute atomic E-state index is 12.4. The highest BCUT2D eigenvalue weighted by Crippen LogP contribution is 2.26. The minimum atomic E-state index is 0.0571. The summed E-state index contributed by atoms with van der Waals surface area (Å²) in [6, 6.07) is 5.72. The van der Waals surface area contributed by atoms with Gasteiger partial charge in [-0.2, -0.15) is 5.26 Å². The summed E-state index contributed by atoms with van der Waals surface area (Å²) in [6.07, 6.45) is 4.81. The summed E-state index contributed by atoms with van der Waals surface area (Å²) in [4.78, 5) is 20.7. The lowest BCUT2D eigenvalue weighted by atomic mass is 10.1. The number of nitriles is 1. The molecule has 104 valence electrons. The van der Waals surface area contributed by atoms with E-state index in [4.69, 9.17) is 5.26 Å². The maximum atomic E-state index is 12.4. The number of carbonyl (C=O) groups is 1. The Bertz CT molecular complexity index is 545. The van der Waals surface area contributed by atoms with Crippen molar-refractivity contribution >= 4 is 11.7 Å². The van der Waals surface area contributed by atoms with E-state index in [1.165, 1.54) is 0 Å². The van der Waals surface area contributed by atoms with E-state index in [1.807, 2.05) is 4.90 Å². The Labute approximate surface area is 118 Å². The van der Waals surface area contributed by atoms with E-state index in [0.29, 0.717) is 17.9 Å². The summed E-state index contributed by atoms with van der Waals surface area (Å²) in [6.45, 7) is 3.29. The van der Waals surface area contributed by atoms with Gasteiger partial charge >= 0.3 is 0 Å². The number of pyridine rings is 1. The van der Waals surface area contributed by atoms with Crippen LogP contribution in [0.25, 0.3) is 0 Å². The van der Waals surface area contributed by atoms with Crippen LogP contribution in [0.4, 0.5) is 5.82 Å². The highest BCUT2D eigenvalue weighted by atomic mass is 16.2. The van der Waals surface area contributed by atoms with Crippen LogP contribution < -0.4 is 4.90 Å². The Morgan fingerprint density at radius 1 is 1.35 bits per heavy atom. The lowest BCUT2D eigenvalue weighted by molar-refractivity contribution is -0.133. The van der Waals surface area contributed by atoms with E-state index in [9.17, 15) is 4.79 Å². The summed E-state index contributed by atoms with van der Waals surface area (Å²) in [5.41, 5.74) is 0.585. The third-order valence-corrected chi connectivity index (χ3v) is 4.16. The summed E-state index contributed by atoms with van der Waals surface area (Å²) < 4.78 is 0. The fourth-order valence-electron chi connectivity index (χ4n) is 3.09. The fraction of sp³-hybridized carbons (Fsp3) is 0.533. The monoisotopic (exact) mass is 270 g/mol. The molecule has 0 radical (unpaired) electrons. The van der Waals surface area contributed by atoms with Crippen LogP contribution in [0, 0.1) is 17.2 Å². The quantitative estimate of drug-likeness (QED) is 0.815. The molecule has 20 heavy (non-hydrogen) atoms. The van der Waals surface area contributed by atoms with Crippen LogP contribution in [-0.2, 0) is 4.79 Å². The molecule has 0 N–H and O–H groups in total. The van der Waals surface area contributed by atoms with Crippen LogP contribution in [0.15, 0.2) is 18.3 Å². The number of carbonyl (C=O) groups excluding carboxylic acids is 1. The van der Waals surface area contributed by atoms with E-state index in [-0.39, 0.29) is 11.8 Å². The normalized spacial score (nSPS) is 22.1. The SMILES string of the molecule is N#Cc1cccnc1N1CCC(C(=O)N2CCCC2)C1. The molecule has 1 atom stereocenters. The number of likely N-dealkylation sites (tertiary alicyclic amines) is 1. The molecular formula is C15H18N4O. The molecule has 1 aromatic heterocycles. The number of hydrogen-bond donors (Lipinski definition) is 0. The van der Waals surface area contributed by atoms with Crippen LogP contribution in [0.5, 0.6) is 0 Å². The number of nitrogens with zero attached hydrogens (tertiary/aromatic N) is 4. The molecule has 0 spiro atoms. The van der Waals surface area contributed by atoms with Gasteiger partial charge in [-0.1, -0.05) is 0 Å². The molecule has 0 aliphatic carbocycles. The first kappa shape index (κ1) is 12.9. The van der Waals surface area contributed by atoms with Crippen LogP contribution in [0.1, 0.15) is 24.8 Å². The molecule has 3 heterocycles. The highest BCUT2D eigenvalue weighted by Gasteiger charge is 2.33. The second kappa shape index (κ2) is 5.49. The average molecular weight is 270 g/mol. The molecule has 1 aromatic rings. The Balaban J connectivity index is 1.70. The van der Waals surface area contributed by atoms with E-state index < -0.39 is 0 Å². The molecule has 0 aromatic carbocycles. The van der Waals surface area contributed by atoms with Gasteiger partial charge in [-0.05, 0) is 31.4 Å². The van der Waals surface area contributed by atoms with Crippen molar-refractivity contribution < 1.29 is 4.79 Å². The molecule has 5 nitrogen and oxygen atoms in total. The molecule has 3 rings (SSSR count). The fourth-order valence-corrected chi connectivity index (χ4v) is 3.09.